The van der Waals surface area contributed by atoms with Crippen LogP contribution in [0, 0.1) is 0 Å². The van der Waals surface area contributed by atoms with E-state index >= 15 is 0 Å². The van der Waals surface area contributed by atoms with Crippen LogP contribution >= 0.6 is 0 Å². The summed E-state index contributed by atoms with van der Waals surface area (Å²) in [5.41, 5.74) is 1.05. The van der Waals surface area contributed by atoms with Crippen LogP contribution in [0.2, 0.25) is 0 Å². The average Bonchev–Trinajstić information content (AvgIpc) is 3.11. The van der Waals surface area contributed by atoms with E-state index in [2.05, 4.69) is 20.0 Å². The van der Waals surface area contributed by atoms with Crippen LogP contribution in [-0.2, 0) is 4.79 Å². The molecule has 0 aliphatic carbocycles. The van der Waals surface area contributed by atoms with Gasteiger partial charge >= 0.3 is 0 Å². The van der Waals surface area contributed by atoms with E-state index in [-0.39, 0.29) is 18.6 Å². The molecule has 23 heavy (non-hydrogen) atoms. The first-order chi connectivity index (χ1) is 11.3. The van der Waals surface area contributed by atoms with Crippen LogP contribution in [-0.4, -0.2) is 88.3 Å². The number of aromatic amines is 1. The molecule has 2 N–H and O–H groups in total. The molecule has 1 aromatic heterocycles. The number of piperazine rings is 1. The molecule has 1 aromatic rings. The third-order valence-electron chi connectivity index (χ3n) is 4.94. The Morgan fingerprint density at radius 3 is 2.70 bits per heavy atom. The molecule has 7 heteroatoms. The number of hydrogen-bond acceptors (Lipinski definition) is 5. The second-order valence-corrected chi connectivity index (χ2v) is 6.45. The average molecular weight is 321 g/mol. The molecule has 2 aliphatic heterocycles. The second kappa shape index (κ2) is 7.90. The number of aliphatic hydroxyl groups excluding tert-OH is 1. The van der Waals surface area contributed by atoms with Crippen molar-refractivity contribution in [1.29, 1.82) is 0 Å². The molecule has 0 saturated carbocycles. The fraction of sp³-hybridized carbons (Fsp3) is 0.750. The number of aromatic nitrogens is 2. The van der Waals surface area contributed by atoms with Crippen molar-refractivity contribution in [2.45, 2.75) is 25.3 Å². The van der Waals surface area contributed by atoms with Gasteiger partial charge in [0.05, 0.1) is 24.9 Å². The van der Waals surface area contributed by atoms with Gasteiger partial charge in [-0.25, -0.2) is 0 Å². The number of carbonyl (C=O) groups is 1. The van der Waals surface area contributed by atoms with Gasteiger partial charge < -0.3 is 10.0 Å². The van der Waals surface area contributed by atoms with E-state index in [4.69, 9.17) is 5.11 Å². The van der Waals surface area contributed by atoms with Crippen LogP contribution in [0.25, 0.3) is 0 Å². The van der Waals surface area contributed by atoms with E-state index in [0.29, 0.717) is 6.54 Å². The maximum atomic E-state index is 12.8. The number of amides is 1. The Morgan fingerprint density at radius 2 is 2.00 bits per heavy atom. The van der Waals surface area contributed by atoms with Gasteiger partial charge in [-0.05, 0) is 25.3 Å². The van der Waals surface area contributed by atoms with Crippen molar-refractivity contribution in [3.8, 4) is 0 Å². The molecule has 3 rings (SSSR count). The number of rotatable bonds is 5. The predicted molar refractivity (Wildman–Crippen MR) is 86.9 cm³/mol. The van der Waals surface area contributed by atoms with Gasteiger partial charge in [-0.1, -0.05) is 0 Å². The molecule has 2 saturated heterocycles. The highest BCUT2D eigenvalue weighted by Crippen LogP contribution is 2.29. The summed E-state index contributed by atoms with van der Waals surface area (Å²) in [4.78, 5) is 19.3. The molecule has 7 nitrogen and oxygen atoms in total. The Balaban J connectivity index is 1.54. The molecule has 2 aliphatic rings. The topological polar surface area (TPSA) is 75.7 Å². The maximum absolute atomic E-state index is 12.8. The number of H-pyrrole nitrogens is 1. The Kier molecular flexibility index (Phi) is 5.64. The number of likely N-dealkylation sites (tertiary alicyclic amines) is 1. The largest absolute Gasteiger partial charge is 0.395 e. The number of piperidine rings is 1. The van der Waals surface area contributed by atoms with Crippen LogP contribution in [0.15, 0.2) is 12.3 Å². The number of hydrogen-bond donors (Lipinski definition) is 2. The summed E-state index contributed by atoms with van der Waals surface area (Å²) >= 11 is 0. The highest BCUT2D eigenvalue weighted by molar-refractivity contribution is 5.78. The molecule has 3 heterocycles. The third kappa shape index (κ3) is 4.10. The van der Waals surface area contributed by atoms with Gasteiger partial charge in [-0.3, -0.25) is 19.7 Å². The Morgan fingerprint density at radius 1 is 1.22 bits per heavy atom. The van der Waals surface area contributed by atoms with Crippen molar-refractivity contribution < 1.29 is 9.90 Å². The van der Waals surface area contributed by atoms with E-state index < -0.39 is 0 Å². The smallest absolute Gasteiger partial charge is 0.237 e. The van der Waals surface area contributed by atoms with E-state index in [9.17, 15) is 4.79 Å². The van der Waals surface area contributed by atoms with Gasteiger partial charge in [-0.15, -0.1) is 0 Å². The number of nitrogens with one attached hydrogen (secondary N) is 1. The van der Waals surface area contributed by atoms with E-state index in [0.717, 1.165) is 64.2 Å². The molecule has 0 unspecified atom stereocenters. The third-order valence-corrected chi connectivity index (χ3v) is 4.94. The lowest BCUT2D eigenvalue weighted by atomic mass is 9.99. The molecule has 1 atom stereocenters. The zero-order valence-electron chi connectivity index (χ0n) is 13.7. The normalized spacial score (nSPS) is 24.0. The van der Waals surface area contributed by atoms with Crippen molar-refractivity contribution in [1.82, 2.24) is 24.9 Å². The molecule has 0 bridgehead atoms. The summed E-state index contributed by atoms with van der Waals surface area (Å²) in [5.74, 6) is 0.222. The van der Waals surface area contributed by atoms with Crippen LogP contribution in [0.5, 0.6) is 0 Å². The fourth-order valence-corrected chi connectivity index (χ4v) is 3.60. The first-order valence-corrected chi connectivity index (χ1v) is 8.62. The lowest BCUT2D eigenvalue weighted by Crippen LogP contribution is -2.51. The molecule has 0 spiro atoms. The van der Waals surface area contributed by atoms with Crippen molar-refractivity contribution in [2.24, 2.45) is 0 Å². The van der Waals surface area contributed by atoms with Crippen molar-refractivity contribution >= 4 is 5.91 Å². The lowest BCUT2D eigenvalue weighted by molar-refractivity contribution is -0.136. The summed E-state index contributed by atoms with van der Waals surface area (Å²) < 4.78 is 0. The van der Waals surface area contributed by atoms with Crippen LogP contribution < -0.4 is 0 Å². The van der Waals surface area contributed by atoms with Gasteiger partial charge in [0, 0.05) is 45.5 Å². The maximum Gasteiger partial charge on any atom is 0.237 e. The van der Waals surface area contributed by atoms with Crippen molar-refractivity contribution in [3.05, 3.63) is 18.0 Å². The quantitative estimate of drug-likeness (QED) is 0.803. The Bertz CT molecular complexity index is 485. The molecule has 1 amide bonds. The number of nitrogens with zero attached hydrogens (tertiary/aromatic N) is 4. The minimum absolute atomic E-state index is 0.148. The van der Waals surface area contributed by atoms with Crippen molar-refractivity contribution in [3.63, 3.8) is 0 Å². The summed E-state index contributed by atoms with van der Waals surface area (Å²) in [5, 5.41) is 16.1. The minimum atomic E-state index is 0.148. The molecular formula is C16H27N5O2. The highest BCUT2D eigenvalue weighted by Gasteiger charge is 2.30. The minimum Gasteiger partial charge on any atom is -0.395 e. The van der Waals surface area contributed by atoms with Crippen LogP contribution in [0.1, 0.15) is 31.0 Å². The van der Waals surface area contributed by atoms with Gasteiger partial charge in [0.25, 0.3) is 0 Å². The molecule has 0 aromatic carbocycles. The molecular weight excluding hydrogens is 294 g/mol. The fourth-order valence-electron chi connectivity index (χ4n) is 3.60. The number of carbonyl (C=O) groups excluding carboxylic acids is 1. The van der Waals surface area contributed by atoms with Crippen LogP contribution in [0.3, 0.4) is 0 Å². The lowest BCUT2D eigenvalue weighted by Gasteiger charge is -2.38. The zero-order valence-corrected chi connectivity index (χ0v) is 13.7. The van der Waals surface area contributed by atoms with Gasteiger partial charge in [0.1, 0.15) is 0 Å². The van der Waals surface area contributed by atoms with E-state index in [1.54, 1.807) is 6.20 Å². The van der Waals surface area contributed by atoms with Crippen molar-refractivity contribution in [2.75, 3.05) is 52.4 Å². The molecule has 128 valence electrons. The standard InChI is InChI=1S/C16H27N5O2/c22-12-11-19-7-9-20(10-8-19)13-16(23)21-6-2-1-3-15(21)14-4-5-17-18-14/h4-5,15,22H,1-3,6-13H2,(H,17,18)/t15-/m0/s1. The molecule has 0 radical (unpaired) electrons. The molecule has 2 fully saturated rings. The number of aliphatic hydroxyl groups is 1. The van der Waals surface area contributed by atoms with E-state index in [1.807, 2.05) is 11.0 Å². The SMILES string of the molecule is O=C(CN1CCN(CCO)CC1)N1CCCC[C@H]1c1ccn[nH]1. The monoisotopic (exact) mass is 321 g/mol. The zero-order chi connectivity index (χ0) is 16.1. The first kappa shape index (κ1) is 16.4. The van der Waals surface area contributed by atoms with Crippen LogP contribution in [0.4, 0.5) is 0 Å². The van der Waals surface area contributed by atoms with E-state index in [1.165, 1.54) is 0 Å². The van der Waals surface area contributed by atoms with Gasteiger partial charge in [0.2, 0.25) is 5.91 Å². The summed E-state index contributed by atoms with van der Waals surface area (Å²) in [6.45, 7) is 5.93. The summed E-state index contributed by atoms with van der Waals surface area (Å²) in [7, 11) is 0. The summed E-state index contributed by atoms with van der Waals surface area (Å²) in [6, 6.07) is 2.12. The highest BCUT2D eigenvalue weighted by atomic mass is 16.3. The Labute approximate surface area is 137 Å². The predicted octanol–water partition coefficient (Wildman–Crippen LogP) is 0.0732. The number of β-amino-alcohol motifs (C(OH)–C–C–N with tert-alkyl or cyclic N) is 1. The van der Waals surface area contributed by atoms with Gasteiger partial charge in [0.15, 0.2) is 0 Å². The van der Waals surface area contributed by atoms with Gasteiger partial charge in [-0.2, -0.15) is 5.10 Å². The first-order valence-electron chi connectivity index (χ1n) is 8.62. The second-order valence-electron chi connectivity index (χ2n) is 6.45. The summed E-state index contributed by atoms with van der Waals surface area (Å²) in [6.07, 6.45) is 5.01. The Hall–Kier alpha value is -1.44.